The molecule has 1 aromatic carbocycles. The summed E-state index contributed by atoms with van der Waals surface area (Å²) in [5.74, 6) is 0. The van der Waals surface area contributed by atoms with Crippen LogP contribution < -0.4 is 5.73 Å². The topological polar surface area (TPSA) is 56.7 Å². The SMILES string of the molecule is CC(C)n1nnc(CN)c1-c1ccc(Cl)c(Cl)c1. The quantitative estimate of drug-likeness (QED) is 0.941. The van der Waals surface area contributed by atoms with Crippen molar-refractivity contribution in [2.24, 2.45) is 5.73 Å². The number of nitrogens with two attached hydrogens (primary N) is 1. The molecular formula is C12H14Cl2N4. The van der Waals surface area contributed by atoms with Crippen LogP contribution >= 0.6 is 23.2 Å². The number of hydrogen-bond acceptors (Lipinski definition) is 3. The third-order valence-electron chi connectivity index (χ3n) is 2.64. The van der Waals surface area contributed by atoms with E-state index in [1.165, 1.54) is 0 Å². The third kappa shape index (κ3) is 2.36. The molecule has 0 atom stereocenters. The second kappa shape index (κ2) is 5.26. The Morgan fingerprint density at radius 3 is 2.56 bits per heavy atom. The van der Waals surface area contributed by atoms with Crippen LogP contribution in [0.2, 0.25) is 10.0 Å². The molecule has 0 bridgehead atoms. The molecule has 0 fully saturated rings. The Balaban J connectivity index is 2.61. The Labute approximate surface area is 116 Å². The molecule has 1 aromatic heterocycles. The molecule has 0 radical (unpaired) electrons. The highest BCUT2D eigenvalue weighted by molar-refractivity contribution is 6.42. The van der Waals surface area contributed by atoms with Gasteiger partial charge in [0.2, 0.25) is 0 Å². The third-order valence-corrected chi connectivity index (χ3v) is 3.38. The van der Waals surface area contributed by atoms with E-state index in [0.717, 1.165) is 17.0 Å². The summed E-state index contributed by atoms with van der Waals surface area (Å²) in [6.07, 6.45) is 0. The molecule has 0 aliphatic heterocycles. The molecule has 6 heteroatoms. The Hall–Kier alpha value is -1.10. The molecular weight excluding hydrogens is 271 g/mol. The highest BCUT2D eigenvalue weighted by atomic mass is 35.5. The van der Waals surface area contributed by atoms with Crippen LogP contribution in [-0.2, 0) is 6.54 Å². The standard InChI is InChI=1S/C12H14Cl2N4/c1-7(2)18-12(11(6-15)16-17-18)8-3-4-9(13)10(14)5-8/h3-5,7H,6,15H2,1-2H3. The number of halogens is 2. The average Bonchev–Trinajstić information content (AvgIpc) is 2.76. The van der Waals surface area contributed by atoms with Crippen LogP contribution in [0.4, 0.5) is 0 Å². The van der Waals surface area contributed by atoms with E-state index >= 15 is 0 Å². The van der Waals surface area contributed by atoms with Gasteiger partial charge in [0.05, 0.1) is 15.7 Å². The lowest BCUT2D eigenvalue weighted by Crippen LogP contribution is -2.06. The lowest BCUT2D eigenvalue weighted by molar-refractivity contribution is 0.519. The molecule has 0 aliphatic rings. The first-order chi connectivity index (χ1) is 8.54. The summed E-state index contributed by atoms with van der Waals surface area (Å²) >= 11 is 12.0. The van der Waals surface area contributed by atoms with Crippen LogP contribution in [0, 0.1) is 0 Å². The van der Waals surface area contributed by atoms with Gasteiger partial charge in [0.1, 0.15) is 5.69 Å². The summed E-state index contributed by atoms with van der Waals surface area (Å²) in [6.45, 7) is 4.41. The van der Waals surface area contributed by atoms with Gasteiger partial charge in [0, 0.05) is 18.2 Å². The lowest BCUT2D eigenvalue weighted by atomic mass is 10.1. The molecule has 0 saturated carbocycles. The van der Waals surface area contributed by atoms with Gasteiger partial charge in [0.25, 0.3) is 0 Å². The van der Waals surface area contributed by atoms with E-state index in [0.29, 0.717) is 16.6 Å². The molecule has 96 valence electrons. The zero-order valence-electron chi connectivity index (χ0n) is 10.2. The van der Waals surface area contributed by atoms with Crippen molar-refractivity contribution in [1.82, 2.24) is 15.0 Å². The molecule has 0 aliphatic carbocycles. The fourth-order valence-corrected chi connectivity index (χ4v) is 2.07. The van der Waals surface area contributed by atoms with Gasteiger partial charge in [0.15, 0.2) is 0 Å². The zero-order chi connectivity index (χ0) is 13.3. The van der Waals surface area contributed by atoms with Gasteiger partial charge >= 0.3 is 0 Å². The monoisotopic (exact) mass is 284 g/mol. The molecule has 0 unspecified atom stereocenters. The Kier molecular flexibility index (Phi) is 3.90. The molecule has 18 heavy (non-hydrogen) atoms. The van der Waals surface area contributed by atoms with Crippen molar-refractivity contribution in [3.63, 3.8) is 0 Å². The number of aromatic nitrogens is 3. The maximum absolute atomic E-state index is 6.04. The summed E-state index contributed by atoms with van der Waals surface area (Å²) in [6, 6.07) is 5.66. The minimum atomic E-state index is 0.197. The maximum atomic E-state index is 6.04. The first kappa shape index (κ1) is 13.3. The van der Waals surface area contributed by atoms with E-state index in [1.807, 2.05) is 24.6 Å². The Bertz CT molecular complexity index is 563. The van der Waals surface area contributed by atoms with Gasteiger partial charge in [-0.25, -0.2) is 4.68 Å². The van der Waals surface area contributed by atoms with Gasteiger partial charge in [-0.3, -0.25) is 0 Å². The van der Waals surface area contributed by atoms with Crippen molar-refractivity contribution in [1.29, 1.82) is 0 Å². The Morgan fingerprint density at radius 2 is 2.00 bits per heavy atom. The predicted molar refractivity (Wildman–Crippen MR) is 73.8 cm³/mol. The van der Waals surface area contributed by atoms with E-state index < -0.39 is 0 Å². The lowest BCUT2D eigenvalue weighted by Gasteiger charge is -2.11. The average molecular weight is 285 g/mol. The number of benzene rings is 1. The fraction of sp³-hybridized carbons (Fsp3) is 0.333. The van der Waals surface area contributed by atoms with Crippen molar-refractivity contribution in [2.45, 2.75) is 26.4 Å². The van der Waals surface area contributed by atoms with Crippen LogP contribution in [0.5, 0.6) is 0 Å². The highest BCUT2D eigenvalue weighted by Gasteiger charge is 2.16. The van der Waals surface area contributed by atoms with E-state index in [2.05, 4.69) is 10.3 Å². The predicted octanol–water partition coefficient (Wildman–Crippen LogP) is 3.29. The number of nitrogens with zero attached hydrogens (tertiary/aromatic N) is 3. The van der Waals surface area contributed by atoms with Crippen molar-refractivity contribution in [3.8, 4) is 11.3 Å². The van der Waals surface area contributed by atoms with E-state index in [1.54, 1.807) is 12.1 Å². The smallest absolute Gasteiger partial charge is 0.104 e. The van der Waals surface area contributed by atoms with Gasteiger partial charge in [-0.1, -0.05) is 34.5 Å². The van der Waals surface area contributed by atoms with Crippen LogP contribution in [0.3, 0.4) is 0 Å². The normalized spacial score (nSPS) is 11.2. The summed E-state index contributed by atoms with van der Waals surface area (Å²) in [4.78, 5) is 0. The summed E-state index contributed by atoms with van der Waals surface area (Å²) in [5.41, 5.74) is 8.26. The summed E-state index contributed by atoms with van der Waals surface area (Å²) in [5, 5.41) is 9.26. The summed E-state index contributed by atoms with van der Waals surface area (Å²) < 4.78 is 1.84. The molecule has 4 nitrogen and oxygen atoms in total. The Morgan fingerprint density at radius 1 is 1.28 bits per heavy atom. The minimum absolute atomic E-state index is 0.197. The van der Waals surface area contributed by atoms with Gasteiger partial charge in [-0.2, -0.15) is 0 Å². The molecule has 1 heterocycles. The highest BCUT2D eigenvalue weighted by Crippen LogP contribution is 2.30. The molecule has 2 N–H and O–H groups in total. The maximum Gasteiger partial charge on any atom is 0.104 e. The van der Waals surface area contributed by atoms with Gasteiger partial charge in [-0.15, -0.1) is 5.10 Å². The van der Waals surface area contributed by atoms with Crippen LogP contribution in [0.25, 0.3) is 11.3 Å². The molecule has 0 spiro atoms. The molecule has 2 rings (SSSR count). The van der Waals surface area contributed by atoms with Crippen LogP contribution in [0.1, 0.15) is 25.6 Å². The van der Waals surface area contributed by atoms with Crippen molar-refractivity contribution < 1.29 is 0 Å². The van der Waals surface area contributed by atoms with Crippen LogP contribution in [0.15, 0.2) is 18.2 Å². The van der Waals surface area contributed by atoms with Gasteiger partial charge < -0.3 is 5.73 Å². The van der Waals surface area contributed by atoms with E-state index in [-0.39, 0.29) is 6.04 Å². The van der Waals surface area contributed by atoms with E-state index in [4.69, 9.17) is 28.9 Å². The van der Waals surface area contributed by atoms with E-state index in [9.17, 15) is 0 Å². The fourth-order valence-electron chi connectivity index (χ4n) is 1.77. The summed E-state index contributed by atoms with van der Waals surface area (Å²) in [7, 11) is 0. The molecule has 2 aromatic rings. The number of rotatable bonds is 3. The largest absolute Gasteiger partial charge is 0.325 e. The zero-order valence-corrected chi connectivity index (χ0v) is 11.7. The number of hydrogen-bond donors (Lipinski definition) is 1. The van der Waals surface area contributed by atoms with Crippen molar-refractivity contribution in [2.75, 3.05) is 0 Å². The minimum Gasteiger partial charge on any atom is -0.325 e. The molecule has 0 saturated heterocycles. The van der Waals surface area contributed by atoms with Crippen molar-refractivity contribution >= 4 is 23.2 Å². The second-order valence-corrected chi connectivity index (χ2v) is 5.07. The first-order valence-electron chi connectivity index (χ1n) is 5.64. The van der Waals surface area contributed by atoms with Crippen molar-refractivity contribution in [3.05, 3.63) is 33.9 Å². The van der Waals surface area contributed by atoms with Gasteiger partial charge in [-0.05, 0) is 26.0 Å². The molecule has 0 amide bonds. The first-order valence-corrected chi connectivity index (χ1v) is 6.39. The van der Waals surface area contributed by atoms with Crippen LogP contribution in [-0.4, -0.2) is 15.0 Å². The second-order valence-electron chi connectivity index (χ2n) is 4.26.